The van der Waals surface area contributed by atoms with Gasteiger partial charge in [0.15, 0.2) is 0 Å². The Morgan fingerprint density at radius 2 is 2.29 bits per heavy atom. The lowest BCUT2D eigenvalue weighted by Crippen LogP contribution is -1.98. The minimum atomic E-state index is 0.314. The van der Waals surface area contributed by atoms with Crippen molar-refractivity contribution in [1.82, 2.24) is 0 Å². The first kappa shape index (κ1) is 11.3. The molecule has 76 valence electrons. The molecule has 0 aliphatic carbocycles. The molecule has 0 bridgehead atoms. The second-order valence-corrected chi connectivity index (χ2v) is 4.06. The summed E-state index contributed by atoms with van der Waals surface area (Å²) in [6.45, 7) is 8.59. The molecule has 1 atom stereocenters. The highest BCUT2D eigenvalue weighted by molar-refractivity contribution is 9.10. The minimum Gasteiger partial charge on any atom is -0.494 e. The van der Waals surface area contributed by atoms with Crippen molar-refractivity contribution >= 4 is 15.9 Å². The van der Waals surface area contributed by atoms with Crippen molar-refractivity contribution in [3.05, 3.63) is 40.9 Å². The van der Waals surface area contributed by atoms with Crippen LogP contribution in [-0.2, 0) is 0 Å². The molecule has 2 heteroatoms. The van der Waals surface area contributed by atoms with Gasteiger partial charge >= 0.3 is 0 Å². The predicted octanol–water partition coefficient (Wildman–Crippen LogP) is 4.14. The standard InChI is InChI=1S/C12H15BrO/c1-4-9(3)11-8-10(13)6-7-12(11)14-5-2/h4,6-9H,1,5H2,2-3H3. The van der Waals surface area contributed by atoms with E-state index in [-0.39, 0.29) is 0 Å². The molecule has 0 saturated heterocycles. The second kappa shape index (κ2) is 5.20. The molecule has 0 aliphatic rings. The van der Waals surface area contributed by atoms with E-state index in [9.17, 15) is 0 Å². The first-order valence-corrected chi connectivity index (χ1v) is 5.53. The van der Waals surface area contributed by atoms with Gasteiger partial charge in [-0.2, -0.15) is 0 Å². The Morgan fingerprint density at radius 3 is 2.86 bits per heavy atom. The fourth-order valence-electron chi connectivity index (χ4n) is 1.29. The molecular formula is C12H15BrO. The van der Waals surface area contributed by atoms with Crippen molar-refractivity contribution in [2.45, 2.75) is 19.8 Å². The fraction of sp³-hybridized carbons (Fsp3) is 0.333. The topological polar surface area (TPSA) is 9.23 Å². The number of ether oxygens (including phenoxy) is 1. The van der Waals surface area contributed by atoms with Gasteiger partial charge in [0.05, 0.1) is 6.61 Å². The predicted molar refractivity (Wildman–Crippen MR) is 63.9 cm³/mol. The Hall–Kier alpha value is -0.760. The number of hydrogen-bond donors (Lipinski definition) is 0. The smallest absolute Gasteiger partial charge is 0.123 e. The van der Waals surface area contributed by atoms with E-state index in [0.717, 1.165) is 10.2 Å². The molecule has 0 amide bonds. The Labute approximate surface area is 93.9 Å². The van der Waals surface area contributed by atoms with E-state index in [4.69, 9.17) is 4.74 Å². The van der Waals surface area contributed by atoms with E-state index in [1.54, 1.807) is 0 Å². The summed E-state index contributed by atoms with van der Waals surface area (Å²) in [5.41, 5.74) is 1.18. The summed E-state index contributed by atoms with van der Waals surface area (Å²) in [6.07, 6.45) is 1.92. The molecule has 0 heterocycles. The van der Waals surface area contributed by atoms with Crippen LogP contribution in [0.2, 0.25) is 0 Å². The molecule has 0 spiro atoms. The van der Waals surface area contributed by atoms with Gasteiger partial charge in [-0.25, -0.2) is 0 Å². The zero-order valence-corrected chi connectivity index (χ0v) is 10.2. The minimum absolute atomic E-state index is 0.314. The van der Waals surface area contributed by atoms with Gasteiger partial charge in [-0.05, 0) is 25.1 Å². The van der Waals surface area contributed by atoms with Crippen molar-refractivity contribution in [2.75, 3.05) is 6.61 Å². The molecule has 0 N–H and O–H groups in total. The van der Waals surface area contributed by atoms with Crippen LogP contribution in [0.5, 0.6) is 5.75 Å². The third kappa shape index (κ3) is 2.61. The van der Waals surface area contributed by atoms with Crippen LogP contribution in [0.4, 0.5) is 0 Å². The van der Waals surface area contributed by atoms with Crippen molar-refractivity contribution in [3.63, 3.8) is 0 Å². The third-order valence-electron chi connectivity index (χ3n) is 2.12. The summed E-state index contributed by atoms with van der Waals surface area (Å²) in [5, 5.41) is 0. The van der Waals surface area contributed by atoms with Crippen molar-refractivity contribution in [2.24, 2.45) is 0 Å². The molecule has 1 unspecified atom stereocenters. The lowest BCUT2D eigenvalue weighted by molar-refractivity contribution is 0.336. The highest BCUT2D eigenvalue weighted by Gasteiger charge is 2.08. The monoisotopic (exact) mass is 254 g/mol. The number of hydrogen-bond acceptors (Lipinski definition) is 1. The van der Waals surface area contributed by atoms with Gasteiger partial charge in [0.1, 0.15) is 5.75 Å². The summed E-state index contributed by atoms with van der Waals surface area (Å²) in [7, 11) is 0. The number of allylic oxidation sites excluding steroid dienone is 1. The average Bonchev–Trinajstić information content (AvgIpc) is 2.20. The van der Waals surface area contributed by atoms with E-state index >= 15 is 0 Å². The van der Waals surface area contributed by atoms with Crippen LogP contribution >= 0.6 is 15.9 Å². The van der Waals surface area contributed by atoms with Crippen LogP contribution in [0.1, 0.15) is 25.3 Å². The zero-order valence-electron chi connectivity index (χ0n) is 8.59. The number of halogens is 1. The molecule has 1 aromatic rings. The van der Waals surface area contributed by atoms with Crippen LogP contribution in [0.3, 0.4) is 0 Å². The van der Waals surface area contributed by atoms with Crippen molar-refractivity contribution < 1.29 is 4.74 Å². The lowest BCUT2D eigenvalue weighted by atomic mass is 10.0. The SMILES string of the molecule is C=CC(C)c1cc(Br)ccc1OCC. The van der Waals surface area contributed by atoms with Gasteiger partial charge in [-0.15, -0.1) is 6.58 Å². The maximum absolute atomic E-state index is 5.55. The summed E-state index contributed by atoms with van der Waals surface area (Å²) in [4.78, 5) is 0. The highest BCUT2D eigenvalue weighted by atomic mass is 79.9. The van der Waals surface area contributed by atoms with E-state index in [1.165, 1.54) is 5.56 Å². The summed E-state index contributed by atoms with van der Waals surface area (Å²) >= 11 is 3.46. The van der Waals surface area contributed by atoms with Gasteiger partial charge in [-0.3, -0.25) is 0 Å². The summed E-state index contributed by atoms with van der Waals surface area (Å²) in [6, 6.07) is 6.06. The normalized spacial score (nSPS) is 12.2. The quantitative estimate of drug-likeness (QED) is 0.735. The molecule has 0 fully saturated rings. The first-order valence-electron chi connectivity index (χ1n) is 4.73. The van der Waals surface area contributed by atoms with Gasteiger partial charge in [0.25, 0.3) is 0 Å². The average molecular weight is 255 g/mol. The third-order valence-corrected chi connectivity index (χ3v) is 2.61. The van der Waals surface area contributed by atoms with E-state index in [0.29, 0.717) is 12.5 Å². The molecule has 0 aromatic heterocycles. The van der Waals surface area contributed by atoms with Gasteiger partial charge < -0.3 is 4.74 Å². The largest absolute Gasteiger partial charge is 0.494 e. The van der Waals surface area contributed by atoms with Crippen LogP contribution < -0.4 is 4.74 Å². The summed E-state index contributed by atoms with van der Waals surface area (Å²) in [5.74, 6) is 1.26. The molecule has 0 aliphatic heterocycles. The number of benzene rings is 1. The van der Waals surface area contributed by atoms with Crippen LogP contribution in [0, 0.1) is 0 Å². The molecule has 0 saturated carbocycles. The molecule has 1 aromatic carbocycles. The molecular weight excluding hydrogens is 240 g/mol. The lowest BCUT2D eigenvalue weighted by Gasteiger charge is -2.13. The van der Waals surface area contributed by atoms with Crippen molar-refractivity contribution in [3.8, 4) is 5.75 Å². The first-order chi connectivity index (χ1) is 6.69. The molecule has 0 radical (unpaired) electrons. The van der Waals surface area contributed by atoms with E-state index in [1.807, 2.05) is 25.1 Å². The van der Waals surface area contributed by atoms with Gasteiger partial charge in [0, 0.05) is 16.0 Å². The fourth-order valence-corrected chi connectivity index (χ4v) is 1.67. The van der Waals surface area contributed by atoms with Crippen LogP contribution in [0.25, 0.3) is 0 Å². The van der Waals surface area contributed by atoms with Crippen molar-refractivity contribution in [1.29, 1.82) is 0 Å². The van der Waals surface area contributed by atoms with Crippen LogP contribution in [0.15, 0.2) is 35.3 Å². The highest BCUT2D eigenvalue weighted by Crippen LogP contribution is 2.30. The maximum Gasteiger partial charge on any atom is 0.123 e. The zero-order chi connectivity index (χ0) is 10.6. The van der Waals surface area contributed by atoms with E-state index < -0.39 is 0 Å². The second-order valence-electron chi connectivity index (χ2n) is 3.14. The van der Waals surface area contributed by atoms with Crippen LogP contribution in [-0.4, -0.2) is 6.61 Å². The Balaban J connectivity index is 3.08. The molecule has 14 heavy (non-hydrogen) atoms. The Kier molecular flexibility index (Phi) is 4.21. The maximum atomic E-state index is 5.55. The summed E-state index contributed by atoms with van der Waals surface area (Å²) < 4.78 is 6.62. The van der Waals surface area contributed by atoms with Gasteiger partial charge in [0.2, 0.25) is 0 Å². The number of rotatable bonds is 4. The molecule has 1 rings (SSSR count). The Bertz CT molecular complexity index is 320. The Morgan fingerprint density at radius 1 is 1.57 bits per heavy atom. The molecule has 1 nitrogen and oxygen atoms in total. The van der Waals surface area contributed by atoms with Gasteiger partial charge in [-0.1, -0.05) is 28.9 Å². The van der Waals surface area contributed by atoms with E-state index in [2.05, 4.69) is 35.5 Å².